The van der Waals surface area contributed by atoms with Gasteiger partial charge in [-0.3, -0.25) is 4.79 Å². The lowest BCUT2D eigenvalue weighted by Gasteiger charge is -2.25. The van der Waals surface area contributed by atoms with Crippen LogP contribution in [-0.4, -0.2) is 33.4 Å². The van der Waals surface area contributed by atoms with E-state index in [-0.39, 0.29) is 28.9 Å². The Kier molecular flexibility index (Phi) is 6.32. The average Bonchev–Trinajstić information content (AvgIpc) is 3.16. The molecule has 3 aromatic rings. The van der Waals surface area contributed by atoms with Gasteiger partial charge >= 0.3 is 12.2 Å². The van der Waals surface area contributed by atoms with E-state index in [1.807, 2.05) is 6.92 Å². The van der Waals surface area contributed by atoms with Gasteiger partial charge in [-0.15, -0.1) is 0 Å². The Morgan fingerprint density at radius 3 is 2.53 bits per heavy atom. The first kappa shape index (κ1) is 23.3. The van der Waals surface area contributed by atoms with Crippen LogP contribution < -0.4 is 10.6 Å². The summed E-state index contributed by atoms with van der Waals surface area (Å²) in [6.07, 6.45) is -1.58. The van der Waals surface area contributed by atoms with Crippen molar-refractivity contribution in [2.75, 3.05) is 11.9 Å². The van der Waals surface area contributed by atoms with Crippen LogP contribution in [0.1, 0.15) is 53.7 Å². The summed E-state index contributed by atoms with van der Waals surface area (Å²) < 4.78 is 40.1. The maximum absolute atomic E-state index is 12.9. The summed E-state index contributed by atoms with van der Waals surface area (Å²) in [6.45, 7) is 2.26. The van der Waals surface area contributed by atoms with Gasteiger partial charge in [0.05, 0.1) is 17.0 Å². The minimum Gasteiger partial charge on any atom is -0.507 e. The topological polar surface area (TPSA) is 96.3 Å². The van der Waals surface area contributed by atoms with Gasteiger partial charge in [-0.05, 0) is 56.2 Å². The molecule has 1 aliphatic rings. The second kappa shape index (κ2) is 9.20. The number of hydrogen-bond acceptors (Lipinski definition) is 4. The highest BCUT2D eigenvalue weighted by atomic mass is 19.4. The van der Waals surface area contributed by atoms with Gasteiger partial charge in [-0.25, -0.2) is 4.79 Å². The van der Waals surface area contributed by atoms with Crippen LogP contribution in [0.2, 0.25) is 0 Å². The van der Waals surface area contributed by atoms with Crippen molar-refractivity contribution in [2.45, 2.75) is 38.3 Å². The molecule has 10 heteroatoms. The molecule has 2 amide bonds. The zero-order valence-electron chi connectivity index (χ0n) is 18.3. The molecule has 0 radical (unpaired) electrons. The molecular formula is C24H23F3N4O3. The third-order valence-corrected chi connectivity index (χ3v) is 5.76. The standard InChI is InChI=1S/C24H23F3N4O3/c1-2-28-23(34)31-20(14-5-3-6-14)13-19(30-31)18-10-9-17(12-21(18)32)29-22(33)15-7-4-8-16(11-15)24(25,26)27/h4,7-14,32H,2-3,5-6H2,1H3,(H,28,34)(H,29,33). The number of anilines is 1. The summed E-state index contributed by atoms with van der Waals surface area (Å²) in [7, 11) is 0. The van der Waals surface area contributed by atoms with Gasteiger partial charge in [-0.2, -0.15) is 23.0 Å². The van der Waals surface area contributed by atoms with Gasteiger partial charge in [0, 0.05) is 35.3 Å². The molecule has 0 bridgehead atoms. The summed E-state index contributed by atoms with van der Waals surface area (Å²) >= 11 is 0. The molecule has 0 unspecified atom stereocenters. The molecule has 34 heavy (non-hydrogen) atoms. The first-order valence-electron chi connectivity index (χ1n) is 10.9. The molecule has 0 spiro atoms. The highest BCUT2D eigenvalue weighted by molar-refractivity contribution is 6.04. The van der Waals surface area contributed by atoms with E-state index >= 15 is 0 Å². The van der Waals surface area contributed by atoms with E-state index in [0.29, 0.717) is 17.8 Å². The van der Waals surface area contributed by atoms with Gasteiger partial charge in [-0.1, -0.05) is 12.5 Å². The van der Waals surface area contributed by atoms with Crippen LogP contribution in [-0.2, 0) is 6.18 Å². The highest BCUT2D eigenvalue weighted by Gasteiger charge is 2.31. The van der Waals surface area contributed by atoms with E-state index in [4.69, 9.17) is 0 Å². The summed E-state index contributed by atoms with van der Waals surface area (Å²) in [5, 5.41) is 20.2. The van der Waals surface area contributed by atoms with Crippen molar-refractivity contribution in [3.05, 3.63) is 65.4 Å². The predicted octanol–water partition coefficient (Wildman–Crippen LogP) is 5.37. The van der Waals surface area contributed by atoms with Crippen LogP contribution in [0.5, 0.6) is 5.75 Å². The van der Waals surface area contributed by atoms with Crippen molar-refractivity contribution in [2.24, 2.45) is 0 Å². The molecule has 0 saturated heterocycles. The Morgan fingerprint density at radius 1 is 1.15 bits per heavy atom. The van der Waals surface area contributed by atoms with Crippen molar-refractivity contribution < 1.29 is 27.9 Å². The number of carbonyl (C=O) groups is 2. The number of benzene rings is 2. The molecule has 7 nitrogen and oxygen atoms in total. The third-order valence-electron chi connectivity index (χ3n) is 5.76. The number of amides is 2. The largest absolute Gasteiger partial charge is 0.507 e. The Labute approximate surface area is 193 Å². The van der Waals surface area contributed by atoms with Crippen molar-refractivity contribution in [1.82, 2.24) is 15.1 Å². The number of nitrogens with one attached hydrogen (secondary N) is 2. The van der Waals surface area contributed by atoms with Crippen molar-refractivity contribution in [3.8, 4) is 17.0 Å². The lowest BCUT2D eigenvalue weighted by Crippen LogP contribution is -2.31. The Hall–Kier alpha value is -3.82. The van der Waals surface area contributed by atoms with E-state index in [1.165, 1.54) is 28.9 Å². The van der Waals surface area contributed by atoms with Crippen LogP contribution in [0.3, 0.4) is 0 Å². The fraction of sp³-hybridized carbons (Fsp3) is 0.292. The molecule has 3 N–H and O–H groups in total. The van der Waals surface area contributed by atoms with Crippen LogP contribution in [0.4, 0.5) is 23.7 Å². The SMILES string of the molecule is CCNC(=O)n1nc(-c2ccc(NC(=O)c3cccc(C(F)(F)F)c3)cc2O)cc1C1CCC1. The van der Waals surface area contributed by atoms with E-state index < -0.39 is 17.6 Å². The predicted molar refractivity (Wildman–Crippen MR) is 120 cm³/mol. The number of halogens is 3. The maximum atomic E-state index is 12.9. The Balaban J connectivity index is 1.57. The van der Waals surface area contributed by atoms with Crippen molar-refractivity contribution >= 4 is 17.6 Å². The zero-order valence-corrected chi connectivity index (χ0v) is 18.3. The fourth-order valence-corrected chi connectivity index (χ4v) is 3.78. The van der Waals surface area contributed by atoms with Gasteiger partial charge < -0.3 is 15.7 Å². The van der Waals surface area contributed by atoms with Gasteiger partial charge in [0.15, 0.2) is 0 Å². The maximum Gasteiger partial charge on any atom is 0.416 e. The molecule has 1 aromatic heterocycles. The first-order valence-corrected chi connectivity index (χ1v) is 10.9. The number of alkyl halides is 3. The number of aromatic hydroxyl groups is 1. The third kappa shape index (κ3) is 4.75. The molecule has 178 valence electrons. The number of phenols is 1. The normalized spacial score (nSPS) is 13.9. The van der Waals surface area contributed by atoms with Crippen LogP contribution >= 0.6 is 0 Å². The molecule has 1 fully saturated rings. The van der Waals surface area contributed by atoms with Crippen molar-refractivity contribution in [1.29, 1.82) is 0 Å². The number of phenolic OH excluding ortho intramolecular Hbond substituents is 1. The van der Waals surface area contributed by atoms with Crippen molar-refractivity contribution in [3.63, 3.8) is 0 Å². The number of nitrogens with zero attached hydrogens (tertiary/aromatic N) is 2. The lowest BCUT2D eigenvalue weighted by molar-refractivity contribution is -0.137. The van der Waals surface area contributed by atoms with E-state index in [0.717, 1.165) is 43.2 Å². The number of hydrogen-bond donors (Lipinski definition) is 3. The number of aromatic nitrogens is 2. The molecule has 1 aliphatic carbocycles. The zero-order chi connectivity index (χ0) is 24.5. The lowest BCUT2D eigenvalue weighted by atomic mass is 9.82. The molecule has 2 aromatic carbocycles. The highest BCUT2D eigenvalue weighted by Crippen LogP contribution is 2.39. The summed E-state index contributed by atoms with van der Waals surface area (Å²) in [5.41, 5.74) is 0.647. The second-order valence-electron chi connectivity index (χ2n) is 8.09. The van der Waals surface area contributed by atoms with Gasteiger partial charge in [0.1, 0.15) is 5.75 Å². The average molecular weight is 472 g/mol. The Bertz CT molecular complexity index is 1230. The second-order valence-corrected chi connectivity index (χ2v) is 8.09. The van der Waals surface area contributed by atoms with Gasteiger partial charge in [0.2, 0.25) is 0 Å². The molecule has 1 heterocycles. The monoisotopic (exact) mass is 472 g/mol. The fourth-order valence-electron chi connectivity index (χ4n) is 3.78. The first-order chi connectivity index (χ1) is 16.2. The molecule has 1 saturated carbocycles. The van der Waals surface area contributed by atoms with Crippen LogP contribution in [0.15, 0.2) is 48.5 Å². The van der Waals surface area contributed by atoms with E-state index in [1.54, 1.807) is 6.07 Å². The summed E-state index contributed by atoms with van der Waals surface area (Å²) in [6, 6.07) is 9.83. The summed E-state index contributed by atoms with van der Waals surface area (Å²) in [5.74, 6) is -0.717. The number of carbonyl (C=O) groups excluding carboxylic acids is 2. The molecular weight excluding hydrogens is 449 g/mol. The van der Waals surface area contributed by atoms with Gasteiger partial charge in [0.25, 0.3) is 5.91 Å². The van der Waals surface area contributed by atoms with E-state index in [2.05, 4.69) is 15.7 Å². The molecule has 0 atom stereocenters. The molecule has 4 rings (SSSR count). The quantitative estimate of drug-likeness (QED) is 0.465. The minimum atomic E-state index is -4.56. The van der Waals surface area contributed by atoms with Crippen LogP contribution in [0.25, 0.3) is 11.3 Å². The number of rotatable bonds is 5. The van der Waals surface area contributed by atoms with Crippen LogP contribution in [0, 0.1) is 0 Å². The minimum absolute atomic E-state index is 0.163. The molecule has 0 aliphatic heterocycles. The smallest absolute Gasteiger partial charge is 0.416 e. The van der Waals surface area contributed by atoms with E-state index in [9.17, 15) is 27.9 Å². The summed E-state index contributed by atoms with van der Waals surface area (Å²) in [4.78, 5) is 24.9. The Morgan fingerprint density at radius 2 is 1.91 bits per heavy atom.